The van der Waals surface area contributed by atoms with Crippen molar-refractivity contribution >= 4 is 28.8 Å². The summed E-state index contributed by atoms with van der Waals surface area (Å²) in [4.78, 5) is 59.4. The summed E-state index contributed by atoms with van der Waals surface area (Å²) in [6.07, 6.45) is 6.04. The zero-order valence-corrected chi connectivity index (χ0v) is 25.0. The average Bonchev–Trinajstić information content (AvgIpc) is 3.55. The molecule has 2 aromatic rings. The molecule has 1 aliphatic heterocycles. The first-order valence-corrected chi connectivity index (χ1v) is 15.3. The SMILES string of the molecule is CCC1CCN(C(=O)CNC(=O)OC2CC2CCCCCc2nc3ccc(OCCN)cc3[nH]c2=O)C1C(=O)C(C)C. The van der Waals surface area contributed by atoms with Gasteiger partial charge < -0.3 is 30.4 Å². The van der Waals surface area contributed by atoms with Gasteiger partial charge in [0.15, 0.2) is 5.78 Å². The number of unbranched alkanes of at least 4 members (excludes halogenated alkanes) is 2. The number of nitrogens with two attached hydrogens (primary N) is 1. The Kier molecular flexibility index (Phi) is 11.0. The van der Waals surface area contributed by atoms with Crippen LogP contribution < -0.4 is 21.3 Å². The molecule has 1 aromatic carbocycles. The zero-order chi connectivity index (χ0) is 30.2. The number of rotatable bonds is 15. The summed E-state index contributed by atoms with van der Waals surface area (Å²) in [5.74, 6) is 0.836. The Bertz CT molecular complexity index is 1310. The minimum atomic E-state index is -0.589. The van der Waals surface area contributed by atoms with Crippen molar-refractivity contribution in [3.05, 3.63) is 34.2 Å². The molecule has 2 heterocycles. The minimum absolute atomic E-state index is 0.0831. The van der Waals surface area contributed by atoms with Crippen LogP contribution in [0.1, 0.15) is 71.4 Å². The molecular formula is C31H45N5O6. The monoisotopic (exact) mass is 583 g/mol. The van der Waals surface area contributed by atoms with Crippen molar-refractivity contribution in [2.24, 2.45) is 23.5 Å². The first-order valence-electron chi connectivity index (χ1n) is 15.3. The van der Waals surface area contributed by atoms with Gasteiger partial charge in [0.2, 0.25) is 5.91 Å². The molecule has 0 radical (unpaired) electrons. The number of carbonyl (C=O) groups excluding carboxylic acids is 3. The van der Waals surface area contributed by atoms with Gasteiger partial charge in [-0.3, -0.25) is 14.4 Å². The average molecular weight is 584 g/mol. The van der Waals surface area contributed by atoms with Gasteiger partial charge in [-0.05, 0) is 56.1 Å². The molecule has 2 aliphatic rings. The van der Waals surface area contributed by atoms with Gasteiger partial charge in [0.1, 0.15) is 30.7 Å². The lowest BCUT2D eigenvalue weighted by molar-refractivity contribution is -0.139. The van der Waals surface area contributed by atoms with E-state index in [9.17, 15) is 19.2 Å². The topological polar surface area (TPSA) is 157 Å². The van der Waals surface area contributed by atoms with E-state index in [1.165, 1.54) is 0 Å². The Balaban J connectivity index is 1.12. The summed E-state index contributed by atoms with van der Waals surface area (Å²) in [6.45, 7) is 6.96. The number of nitrogens with one attached hydrogen (secondary N) is 2. The molecule has 2 amide bonds. The third-order valence-corrected chi connectivity index (χ3v) is 8.34. The molecule has 4 unspecified atom stereocenters. The molecule has 4 N–H and O–H groups in total. The third-order valence-electron chi connectivity index (χ3n) is 8.34. The largest absolute Gasteiger partial charge is 0.492 e. The number of aromatic amines is 1. The highest BCUT2D eigenvalue weighted by atomic mass is 16.6. The molecule has 4 atom stereocenters. The number of nitrogens with zero attached hydrogens (tertiary/aromatic N) is 2. The Hall–Kier alpha value is -3.47. The summed E-state index contributed by atoms with van der Waals surface area (Å²) >= 11 is 0. The van der Waals surface area contributed by atoms with Gasteiger partial charge in [-0.1, -0.05) is 40.0 Å². The fourth-order valence-electron chi connectivity index (χ4n) is 5.80. The van der Waals surface area contributed by atoms with E-state index in [0.717, 1.165) is 50.5 Å². The fraction of sp³-hybridized carbons (Fsp3) is 0.645. The van der Waals surface area contributed by atoms with Crippen LogP contribution in [0.3, 0.4) is 0 Å². The van der Waals surface area contributed by atoms with Gasteiger partial charge in [0.05, 0.1) is 17.1 Å². The number of ketones is 1. The minimum Gasteiger partial charge on any atom is -0.492 e. The number of hydrogen-bond acceptors (Lipinski definition) is 8. The molecular weight excluding hydrogens is 538 g/mol. The summed E-state index contributed by atoms with van der Waals surface area (Å²) in [5, 5.41) is 2.58. The van der Waals surface area contributed by atoms with Gasteiger partial charge in [-0.2, -0.15) is 0 Å². The zero-order valence-electron chi connectivity index (χ0n) is 25.0. The number of carbonyl (C=O) groups is 3. The molecule has 1 saturated heterocycles. The lowest BCUT2D eigenvalue weighted by Gasteiger charge is -2.28. The molecule has 1 aromatic heterocycles. The molecule has 230 valence electrons. The first kappa shape index (κ1) is 31.5. The Morgan fingerprint density at radius 1 is 1.19 bits per heavy atom. The van der Waals surface area contributed by atoms with E-state index in [2.05, 4.69) is 15.3 Å². The van der Waals surface area contributed by atoms with E-state index in [1.807, 2.05) is 32.9 Å². The van der Waals surface area contributed by atoms with Crippen molar-refractivity contribution in [1.82, 2.24) is 20.2 Å². The summed E-state index contributed by atoms with van der Waals surface area (Å²) in [6, 6.07) is 5.01. The van der Waals surface area contributed by atoms with Crippen LogP contribution in [0.2, 0.25) is 0 Å². The summed E-state index contributed by atoms with van der Waals surface area (Å²) in [5.41, 5.74) is 7.17. The lowest BCUT2D eigenvalue weighted by atomic mass is 9.89. The second-order valence-electron chi connectivity index (χ2n) is 11.8. The van der Waals surface area contributed by atoms with E-state index in [1.54, 1.807) is 11.0 Å². The number of aromatic nitrogens is 2. The maximum atomic E-state index is 12.8. The maximum absolute atomic E-state index is 12.8. The molecule has 11 heteroatoms. The highest BCUT2D eigenvalue weighted by molar-refractivity contribution is 5.92. The smallest absolute Gasteiger partial charge is 0.407 e. The van der Waals surface area contributed by atoms with Crippen LogP contribution in [0.4, 0.5) is 4.79 Å². The second kappa shape index (κ2) is 14.6. The van der Waals surface area contributed by atoms with Crippen LogP contribution in [-0.4, -0.2) is 71.0 Å². The molecule has 0 bridgehead atoms. The van der Waals surface area contributed by atoms with Crippen molar-refractivity contribution in [1.29, 1.82) is 0 Å². The van der Waals surface area contributed by atoms with Crippen molar-refractivity contribution in [2.45, 2.75) is 84.3 Å². The van der Waals surface area contributed by atoms with Crippen LogP contribution in [0.25, 0.3) is 11.0 Å². The van der Waals surface area contributed by atoms with Gasteiger partial charge in [0, 0.05) is 25.1 Å². The normalized spacial score (nSPS) is 21.5. The van der Waals surface area contributed by atoms with E-state index in [-0.39, 0.29) is 41.7 Å². The molecule has 0 spiro atoms. The van der Waals surface area contributed by atoms with E-state index >= 15 is 0 Å². The van der Waals surface area contributed by atoms with Gasteiger partial charge in [0.25, 0.3) is 5.56 Å². The summed E-state index contributed by atoms with van der Waals surface area (Å²) in [7, 11) is 0. The van der Waals surface area contributed by atoms with Crippen LogP contribution in [0.5, 0.6) is 5.75 Å². The lowest BCUT2D eigenvalue weighted by Crippen LogP contribution is -2.48. The molecule has 42 heavy (non-hydrogen) atoms. The number of fused-ring (bicyclic) bond motifs is 1. The standard InChI is InChI=1S/C31H45N5O6/c1-4-20-12-14-36(28(20)29(38)19(2)3)27(37)18-33-31(40)42-26-16-21(26)8-6-5-7-9-24-30(39)35-25-17-22(41-15-13-32)10-11-23(25)34-24/h10-11,17,19-21,26,28H,4-9,12-16,18,32H2,1-3H3,(H,33,40)(H,35,39). The highest BCUT2D eigenvalue weighted by Gasteiger charge is 2.42. The second-order valence-corrected chi connectivity index (χ2v) is 11.8. The Morgan fingerprint density at radius 3 is 2.74 bits per heavy atom. The van der Waals surface area contributed by atoms with Gasteiger partial charge >= 0.3 is 6.09 Å². The number of likely N-dealkylation sites (tertiary alicyclic amines) is 1. The molecule has 1 saturated carbocycles. The van der Waals surface area contributed by atoms with Crippen molar-refractivity contribution < 1.29 is 23.9 Å². The van der Waals surface area contributed by atoms with Crippen LogP contribution in [0, 0.1) is 17.8 Å². The number of ether oxygens (including phenoxy) is 2. The highest BCUT2D eigenvalue weighted by Crippen LogP contribution is 2.38. The molecule has 2 fully saturated rings. The van der Waals surface area contributed by atoms with Crippen molar-refractivity contribution in [3.63, 3.8) is 0 Å². The van der Waals surface area contributed by atoms with E-state index in [4.69, 9.17) is 15.2 Å². The number of alkyl carbamates (subject to hydrolysis) is 1. The number of amides is 2. The van der Waals surface area contributed by atoms with Gasteiger partial charge in [-0.25, -0.2) is 9.78 Å². The summed E-state index contributed by atoms with van der Waals surface area (Å²) < 4.78 is 11.0. The van der Waals surface area contributed by atoms with Crippen LogP contribution in [0.15, 0.2) is 23.0 Å². The number of Topliss-reactive ketones (excluding diaryl/α,β-unsaturated/α-hetero) is 1. The van der Waals surface area contributed by atoms with Crippen molar-refractivity contribution in [2.75, 3.05) is 26.2 Å². The predicted molar refractivity (Wildman–Crippen MR) is 159 cm³/mol. The molecule has 11 nitrogen and oxygen atoms in total. The van der Waals surface area contributed by atoms with E-state index in [0.29, 0.717) is 49.0 Å². The molecule has 1 aliphatic carbocycles. The van der Waals surface area contributed by atoms with Gasteiger partial charge in [-0.15, -0.1) is 0 Å². The van der Waals surface area contributed by atoms with Crippen LogP contribution in [-0.2, 0) is 20.7 Å². The Labute approximate surface area is 246 Å². The maximum Gasteiger partial charge on any atom is 0.407 e. The number of aryl methyl sites for hydroxylation is 1. The predicted octanol–water partition coefficient (Wildman–Crippen LogP) is 3.33. The first-order chi connectivity index (χ1) is 20.2. The number of benzene rings is 1. The van der Waals surface area contributed by atoms with E-state index < -0.39 is 12.1 Å². The number of H-pyrrole nitrogens is 1. The van der Waals surface area contributed by atoms with Crippen LogP contribution >= 0.6 is 0 Å². The Morgan fingerprint density at radius 2 is 2.00 bits per heavy atom. The fourth-order valence-corrected chi connectivity index (χ4v) is 5.80. The third kappa shape index (κ3) is 8.08. The van der Waals surface area contributed by atoms with Crippen molar-refractivity contribution in [3.8, 4) is 5.75 Å². The quantitative estimate of drug-likeness (QED) is 0.270. The number of hydrogen-bond donors (Lipinski definition) is 3. The molecule has 4 rings (SSSR count).